The van der Waals surface area contributed by atoms with E-state index in [1.165, 1.54) is 5.57 Å². The van der Waals surface area contributed by atoms with Crippen LogP contribution in [0.5, 0.6) is 0 Å². The number of Topliss-reactive ketones (excluding diaryl/α,β-unsaturated/α-hetero) is 2. The predicted octanol–water partition coefficient (Wildman–Crippen LogP) is 10.8. The Morgan fingerprint density at radius 2 is 1.52 bits per heavy atom. The standard InChI is InChI=1S/C52H79ClN2O6/c1-32(2)44-38(56)27-35-36(39(57)31-55(26-25-54(13)14)30-33-15-17-34(53)18-16-33)28-52(12)37(45(35)44)19-20-41-50(10)23-22-42(49(8,9)40(50)21-24-51(41,52)11)60-43(58)29-48(6,7)46(59)61-47(3,4)5/h15-18,32,35-37,40-42H,19-31H2,1-14H3/t35?,36-,37+,40-,41+,42-,50-,51+,52+/m0/s1. The highest BCUT2D eigenvalue weighted by Crippen LogP contribution is 2.76. The molecule has 1 unspecified atom stereocenters. The van der Waals surface area contributed by atoms with Gasteiger partial charge in [-0.15, -0.1) is 0 Å². The van der Waals surface area contributed by atoms with Gasteiger partial charge in [-0.3, -0.25) is 24.1 Å². The molecule has 4 fully saturated rings. The van der Waals surface area contributed by atoms with E-state index < -0.39 is 11.0 Å². The van der Waals surface area contributed by atoms with Gasteiger partial charge >= 0.3 is 11.9 Å². The second-order valence-corrected chi connectivity index (χ2v) is 24.1. The summed E-state index contributed by atoms with van der Waals surface area (Å²) in [6.07, 6.45) is 6.95. The molecule has 0 saturated heterocycles. The van der Waals surface area contributed by atoms with E-state index in [2.05, 4.69) is 84.5 Å². The first-order valence-electron chi connectivity index (χ1n) is 23.5. The summed E-state index contributed by atoms with van der Waals surface area (Å²) in [6, 6.07) is 7.95. The van der Waals surface area contributed by atoms with Gasteiger partial charge in [0.1, 0.15) is 11.7 Å². The zero-order chi connectivity index (χ0) is 45.2. The van der Waals surface area contributed by atoms with Crippen LogP contribution in [0, 0.1) is 62.6 Å². The molecule has 0 amide bonds. The van der Waals surface area contributed by atoms with Crippen molar-refractivity contribution in [2.75, 3.05) is 33.7 Å². The number of hydrogen-bond acceptors (Lipinski definition) is 8. The number of hydrogen-bond donors (Lipinski definition) is 0. The van der Waals surface area contributed by atoms with Crippen LogP contribution < -0.4 is 0 Å². The Balaban J connectivity index is 1.28. The van der Waals surface area contributed by atoms with Crippen LogP contribution in [0.15, 0.2) is 35.4 Å². The third-order valence-electron chi connectivity index (χ3n) is 17.1. The van der Waals surface area contributed by atoms with Gasteiger partial charge in [-0.05, 0) is 163 Å². The number of benzene rings is 1. The van der Waals surface area contributed by atoms with E-state index in [1.54, 1.807) is 13.8 Å². The predicted molar refractivity (Wildman–Crippen MR) is 244 cm³/mol. The lowest BCUT2D eigenvalue weighted by molar-refractivity contribution is -0.234. The number of halogens is 1. The molecule has 5 aliphatic rings. The van der Waals surface area contributed by atoms with E-state index in [9.17, 15) is 14.4 Å². The maximum Gasteiger partial charge on any atom is 0.312 e. The highest BCUT2D eigenvalue weighted by molar-refractivity contribution is 6.30. The van der Waals surface area contributed by atoms with Gasteiger partial charge in [0.2, 0.25) is 0 Å². The average molecular weight is 864 g/mol. The lowest BCUT2D eigenvalue weighted by Gasteiger charge is -2.72. The Hall–Kier alpha value is -2.55. The molecule has 0 radical (unpaired) electrons. The quantitative estimate of drug-likeness (QED) is 0.181. The Morgan fingerprint density at radius 1 is 0.869 bits per heavy atom. The first-order valence-corrected chi connectivity index (χ1v) is 23.9. The zero-order valence-corrected chi connectivity index (χ0v) is 41.0. The van der Waals surface area contributed by atoms with Gasteiger partial charge in [-0.2, -0.15) is 0 Å². The maximum absolute atomic E-state index is 15.1. The molecule has 0 heterocycles. The van der Waals surface area contributed by atoms with Crippen molar-refractivity contribution in [3.05, 3.63) is 46.0 Å². The maximum atomic E-state index is 15.1. The molecule has 5 aliphatic carbocycles. The SMILES string of the molecule is CC(C)C1=C2C(CC1=O)[C@@H](C(=O)CN(CCN(C)C)Cc1ccc(Cl)cc1)C[C@]1(C)[C@@H]2CC[C@@H]2[C@@]3(C)CC[C@H](OC(=O)CC(C)(C)C(=O)OC(C)(C)C)C(C)(C)[C@@H]3CC[C@]21C. The Morgan fingerprint density at radius 3 is 2.13 bits per heavy atom. The molecule has 0 aromatic heterocycles. The van der Waals surface area contributed by atoms with E-state index >= 15 is 4.79 Å². The van der Waals surface area contributed by atoms with Crippen molar-refractivity contribution in [1.29, 1.82) is 0 Å². The van der Waals surface area contributed by atoms with E-state index in [0.717, 1.165) is 69.2 Å². The molecule has 9 heteroatoms. The normalized spacial score (nSPS) is 33.6. The van der Waals surface area contributed by atoms with E-state index in [1.807, 2.05) is 32.9 Å². The molecule has 4 saturated carbocycles. The lowest BCUT2D eigenvalue weighted by atomic mass is 9.33. The van der Waals surface area contributed by atoms with Gasteiger partial charge < -0.3 is 14.4 Å². The third-order valence-corrected chi connectivity index (χ3v) is 17.3. The number of allylic oxidation sites excluding steroid dienone is 2. The van der Waals surface area contributed by atoms with Crippen LogP contribution in [0.3, 0.4) is 0 Å². The molecule has 0 N–H and O–H groups in total. The second kappa shape index (κ2) is 17.1. The van der Waals surface area contributed by atoms with Crippen molar-refractivity contribution in [1.82, 2.24) is 9.80 Å². The van der Waals surface area contributed by atoms with Crippen molar-refractivity contribution in [3.8, 4) is 0 Å². The molecule has 61 heavy (non-hydrogen) atoms. The van der Waals surface area contributed by atoms with E-state index in [0.29, 0.717) is 36.4 Å². The van der Waals surface area contributed by atoms with Gasteiger partial charge in [0, 0.05) is 42.4 Å². The first kappa shape index (κ1) is 47.9. The lowest BCUT2D eigenvalue weighted by Crippen LogP contribution is -2.66. The molecular weight excluding hydrogens is 784 g/mol. The van der Waals surface area contributed by atoms with E-state index in [-0.39, 0.29) is 81.4 Å². The minimum absolute atomic E-state index is 0.0156. The topological polar surface area (TPSA) is 93.2 Å². The molecule has 340 valence electrons. The number of ketones is 2. The summed E-state index contributed by atoms with van der Waals surface area (Å²) < 4.78 is 12.0. The first-order chi connectivity index (χ1) is 28.1. The molecule has 1 aromatic rings. The van der Waals surface area contributed by atoms with Crippen LogP contribution in [0.4, 0.5) is 0 Å². The fourth-order valence-corrected chi connectivity index (χ4v) is 14.1. The van der Waals surface area contributed by atoms with Crippen LogP contribution >= 0.6 is 11.6 Å². The van der Waals surface area contributed by atoms with E-state index in [4.69, 9.17) is 21.1 Å². The molecule has 1 aromatic carbocycles. The van der Waals surface area contributed by atoms with Crippen LogP contribution in [-0.4, -0.2) is 78.7 Å². The number of ether oxygens (including phenoxy) is 2. The summed E-state index contributed by atoms with van der Waals surface area (Å²) in [5.41, 5.74) is 1.40. The largest absolute Gasteiger partial charge is 0.462 e. The van der Waals surface area contributed by atoms with Crippen LogP contribution in [0.25, 0.3) is 0 Å². The summed E-state index contributed by atoms with van der Waals surface area (Å²) in [5.74, 6) is 0.755. The van der Waals surface area contributed by atoms with Gasteiger partial charge in [0.15, 0.2) is 11.6 Å². The van der Waals surface area contributed by atoms with Gasteiger partial charge in [0.05, 0.1) is 18.4 Å². The minimum Gasteiger partial charge on any atom is -0.462 e. The summed E-state index contributed by atoms with van der Waals surface area (Å²) in [5, 5.41) is 0.703. The van der Waals surface area contributed by atoms with Crippen molar-refractivity contribution in [2.45, 2.75) is 159 Å². The number of rotatable bonds is 13. The van der Waals surface area contributed by atoms with Gasteiger partial charge in [-0.25, -0.2) is 0 Å². The van der Waals surface area contributed by atoms with Crippen molar-refractivity contribution in [2.24, 2.45) is 62.6 Å². The number of fused-ring (bicyclic) bond motifs is 7. The average Bonchev–Trinajstić information content (AvgIpc) is 3.48. The fourth-order valence-electron chi connectivity index (χ4n) is 14.0. The van der Waals surface area contributed by atoms with Gasteiger partial charge in [0.25, 0.3) is 0 Å². The Kier molecular flexibility index (Phi) is 13.4. The summed E-state index contributed by atoms with van der Waals surface area (Å²) in [4.78, 5) is 60.3. The van der Waals surface area contributed by atoms with Crippen LogP contribution in [0.2, 0.25) is 5.02 Å². The highest BCUT2D eigenvalue weighted by Gasteiger charge is 2.70. The molecule has 0 bridgehead atoms. The van der Waals surface area contributed by atoms with Crippen LogP contribution in [0.1, 0.15) is 146 Å². The number of esters is 2. The molecular formula is C52H79ClN2O6. The molecule has 6 rings (SSSR count). The second-order valence-electron chi connectivity index (χ2n) is 23.7. The van der Waals surface area contributed by atoms with Crippen molar-refractivity contribution >= 4 is 35.1 Å². The van der Waals surface area contributed by atoms with Crippen LogP contribution in [-0.2, 0) is 35.2 Å². The fraction of sp³-hybridized carbons (Fsp3) is 0.769. The Bertz CT molecular complexity index is 1880. The molecule has 8 nitrogen and oxygen atoms in total. The van der Waals surface area contributed by atoms with Crippen molar-refractivity contribution < 1.29 is 28.7 Å². The number of carbonyl (C=O) groups is 4. The molecule has 0 spiro atoms. The smallest absolute Gasteiger partial charge is 0.312 e. The monoisotopic (exact) mass is 863 g/mol. The summed E-state index contributed by atoms with van der Waals surface area (Å²) in [7, 11) is 4.15. The summed E-state index contributed by atoms with van der Waals surface area (Å²) in [6.45, 7) is 28.2. The minimum atomic E-state index is -0.993. The Labute approximate surface area is 373 Å². The number of carbonyl (C=O) groups excluding carboxylic acids is 4. The molecule has 9 atom stereocenters. The van der Waals surface area contributed by atoms with Gasteiger partial charge in [-0.1, -0.05) is 77.8 Å². The molecule has 0 aliphatic heterocycles. The van der Waals surface area contributed by atoms with Crippen molar-refractivity contribution in [3.63, 3.8) is 0 Å². The third kappa shape index (κ3) is 9.08. The number of nitrogens with zero attached hydrogens (tertiary/aromatic N) is 2. The number of likely N-dealkylation sites (N-methyl/N-ethyl adjacent to an activating group) is 1. The highest BCUT2D eigenvalue weighted by atomic mass is 35.5. The zero-order valence-electron chi connectivity index (χ0n) is 40.3. The summed E-state index contributed by atoms with van der Waals surface area (Å²) >= 11 is 6.25.